The smallest absolute Gasteiger partial charge is 0.0821 e. The van der Waals surface area contributed by atoms with E-state index in [9.17, 15) is 5.11 Å². The number of hydrogen-bond acceptors (Lipinski definition) is 1. The second-order valence-electron chi connectivity index (χ2n) is 9.62. The molecule has 2 aliphatic carbocycles. The number of rotatable bonds is 9. The van der Waals surface area contributed by atoms with E-state index in [1.807, 2.05) is 0 Å². The maximum atomic E-state index is 10.8. The lowest BCUT2D eigenvalue weighted by Crippen LogP contribution is -2.25. The highest BCUT2D eigenvalue weighted by atomic mass is 16.3. The molecule has 1 N–H and O–H groups in total. The first-order chi connectivity index (χ1) is 14.1. The molecule has 29 heavy (non-hydrogen) atoms. The first-order valence-corrected chi connectivity index (χ1v) is 12.1. The third kappa shape index (κ3) is 3.56. The first kappa shape index (κ1) is 20.7. The van der Waals surface area contributed by atoms with Crippen LogP contribution in [0.4, 0.5) is 0 Å². The number of aliphatic hydroxyl groups is 1. The SMILES string of the molecule is CCCCCCC1(CCCCC)c2ccccc2-c2cc3c(cc21)C(O)C(C)C3. The molecule has 0 saturated heterocycles. The third-order valence-corrected chi connectivity index (χ3v) is 7.59. The second kappa shape index (κ2) is 8.64. The number of benzene rings is 2. The van der Waals surface area contributed by atoms with Crippen LogP contribution < -0.4 is 0 Å². The van der Waals surface area contributed by atoms with E-state index >= 15 is 0 Å². The normalized spacial score (nSPS) is 24.4. The van der Waals surface area contributed by atoms with E-state index in [4.69, 9.17) is 0 Å². The highest BCUT2D eigenvalue weighted by molar-refractivity contribution is 5.82. The van der Waals surface area contributed by atoms with Gasteiger partial charge >= 0.3 is 0 Å². The van der Waals surface area contributed by atoms with E-state index in [-0.39, 0.29) is 11.5 Å². The zero-order valence-electron chi connectivity index (χ0n) is 18.6. The lowest BCUT2D eigenvalue weighted by molar-refractivity contribution is 0.132. The van der Waals surface area contributed by atoms with E-state index in [0.29, 0.717) is 5.92 Å². The molecule has 0 aromatic heterocycles. The van der Waals surface area contributed by atoms with E-state index < -0.39 is 0 Å². The molecule has 2 aliphatic rings. The molecule has 0 fully saturated rings. The molecule has 1 heteroatoms. The predicted octanol–water partition coefficient (Wildman–Crippen LogP) is 7.73. The summed E-state index contributed by atoms with van der Waals surface area (Å²) >= 11 is 0. The molecule has 3 atom stereocenters. The summed E-state index contributed by atoms with van der Waals surface area (Å²) in [4.78, 5) is 0. The second-order valence-corrected chi connectivity index (χ2v) is 9.62. The Kier molecular flexibility index (Phi) is 6.16. The van der Waals surface area contributed by atoms with E-state index in [2.05, 4.69) is 57.2 Å². The number of fused-ring (bicyclic) bond motifs is 4. The van der Waals surface area contributed by atoms with Crippen molar-refractivity contribution in [3.63, 3.8) is 0 Å². The van der Waals surface area contributed by atoms with Gasteiger partial charge in [-0.25, -0.2) is 0 Å². The van der Waals surface area contributed by atoms with Gasteiger partial charge in [-0.3, -0.25) is 0 Å². The fourth-order valence-electron chi connectivity index (χ4n) is 5.97. The fourth-order valence-corrected chi connectivity index (χ4v) is 5.97. The van der Waals surface area contributed by atoms with Crippen LogP contribution in [0.1, 0.15) is 107 Å². The number of aliphatic hydroxyl groups excluding tert-OH is 1. The molecular formula is C28H38O. The van der Waals surface area contributed by atoms with Gasteiger partial charge < -0.3 is 5.11 Å². The van der Waals surface area contributed by atoms with Crippen molar-refractivity contribution in [2.75, 3.05) is 0 Å². The van der Waals surface area contributed by atoms with Crippen LogP contribution in [0, 0.1) is 5.92 Å². The van der Waals surface area contributed by atoms with Crippen LogP contribution in [0.5, 0.6) is 0 Å². The Morgan fingerprint density at radius 1 is 0.862 bits per heavy atom. The molecule has 0 spiro atoms. The number of hydrogen-bond donors (Lipinski definition) is 1. The van der Waals surface area contributed by atoms with Gasteiger partial charge in [0.2, 0.25) is 0 Å². The van der Waals surface area contributed by atoms with Gasteiger partial charge in [0.1, 0.15) is 0 Å². The lowest BCUT2D eigenvalue weighted by Gasteiger charge is -2.33. The summed E-state index contributed by atoms with van der Waals surface area (Å²) in [7, 11) is 0. The first-order valence-electron chi connectivity index (χ1n) is 12.1. The summed E-state index contributed by atoms with van der Waals surface area (Å²) in [5.41, 5.74) is 8.67. The van der Waals surface area contributed by atoms with E-state index in [1.54, 1.807) is 5.56 Å². The van der Waals surface area contributed by atoms with Crippen LogP contribution in [0.2, 0.25) is 0 Å². The van der Waals surface area contributed by atoms with Gasteiger partial charge in [0.05, 0.1) is 6.10 Å². The van der Waals surface area contributed by atoms with E-state index in [1.165, 1.54) is 85.6 Å². The minimum Gasteiger partial charge on any atom is -0.388 e. The van der Waals surface area contributed by atoms with Crippen molar-refractivity contribution in [3.8, 4) is 11.1 Å². The van der Waals surface area contributed by atoms with Gasteiger partial charge in [-0.05, 0) is 58.6 Å². The highest BCUT2D eigenvalue weighted by Gasteiger charge is 2.43. The molecule has 4 rings (SSSR count). The monoisotopic (exact) mass is 390 g/mol. The van der Waals surface area contributed by atoms with E-state index in [0.717, 1.165) is 6.42 Å². The van der Waals surface area contributed by atoms with Crippen molar-refractivity contribution < 1.29 is 5.11 Å². The van der Waals surface area contributed by atoms with Crippen LogP contribution >= 0.6 is 0 Å². The Balaban J connectivity index is 1.81. The van der Waals surface area contributed by atoms with Crippen molar-refractivity contribution in [1.82, 2.24) is 0 Å². The van der Waals surface area contributed by atoms with Gasteiger partial charge in [0, 0.05) is 5.41 Å². The predicted molar refractivity (Wildman–Crippen MR) is 123 cm³/mol. The molecule has 0 heterocycles. The Morgan fingerprint density at radius 2 is 1.55 bits per heavy atom. The van der Waals surface area contributed by atoms with Gasteiger partial charge in [0.25, 0.3) is 0 Å². The van der Waals surface area contributed by atoms with Crippen molar-refractivity contribution in [2.24, 2.45) is 5.92 Å². The summed E-state index contributed by atoms with van der Waals surface area (Å²) in [5.74, 6) is 0.335. The molecule has 0 bridgehead atoms. The molecule has 1 nitrogen and oxygen atoms in total. The fraction of sp³-hybridized carbons (Fsp3) is 0.571. The molecule has 2 aromatic carbocycles. The summed E-state index contributed by atoms with van der Waals surface area (Å²) in [5, 5.41) is 10.8. The largest absolute Gasteiger partial charge is 0.388 e. The van der Waals surface area contributed by atoms with Crippen LogP contribution in [0.15, 0.2) is 36.4 Å². The molecule has 0 radical (unpaired) electrons. The zero-order valence-corrected chi connectivity index (χ0v) is 18.6. The van der Waals surface area contributed by atoms with Crippen molar-refractivity contribution >= 4 is 0 Å². The number of unbranched alkanes of at least 4 members (excludes halogenated alkanes) is 5. The Morgan fingerprint density at radius 3 is 2.31 bits per heavy atom. The molecule has 0 amide bonds. The van der Waals surface area contributed by atoms with Crippen LogP contribution in [-0.4, -0.2) is 5.11 Å². The highest BCUT2D eigenvalue weighted by Crippen LogP contribution is 2.56. The maximum Gasteiger partial charge on any atom is 0.0821 e. The van der Waals surface area contributed by atoms with Gasteiger partial charge in [-0.1, -0.05) is 102 Å². The van der Waals surface area contributed by atoms with Crippen molar-refractivity contribution in [3.05, 3.63) is 58.7 Å². The molecule has 2 aromatic rings. The Labute approximate surface area is 177 Å². The minimum absolute atomic E-state index is 0.134. The lowest BCUT2D eigenvalue weighted by atomic mass is 9.70. The van der Waals surface area contributed by atoms with Crippen molar-refractivity contribution in [2.45, 2.75) is 96.5 Å². The van der Waals surface area contributed by atoms with Gasteiger partial charge in [-0.2, -0.15) is 0 Å². The maximum absolute atomic E-state index is 10.8. The topological polar surface area (TPSA) is 20.2 Å². The molecule has 0 saturated carbocycles. The Hall–Kier alpha value is -1.60. The molecule has 156 valence electrons. The molecular weight excluding hydrogens is 352 g/mol. The average molecular weight is 391 g/mol. The van der Waals surface area contributed by atoms with Crippen LogP contribution in [-0.2, 0) is 11.8 Å². The van der Waals surface area contributed by atoms with Crippen LogP contribution in [0.25, 0.3) is 11.1 Å². The van der Waals surface area contributed by atoms with Crippen molar-refractivity contribution in [1.29, 1.82) is 0 Å². The quantitative estimate of drug-likeness (QED) is 0.434. The van der Waals surface area contributed by atoms with Gasteiger partial charge in [0.15, 0.2) is 0 Å². The summed E-state index contributed by atoms with van der Waals surface area (Å²) in [6.45, 7) is 6.78. The van der Waals surface area contributed by atoms with Crippen LogP contribution in [0.3, 0.4) is 0 Å². The molecule has 3 unspecified atom stereocenters. The Bertz CT molecular complexity index is 851. The summed E-state index contributed by atoms with van der Waals surface area (Å²) < 4.78 is 0. The van der Waals surface area contributed by atoms with Gasteiger partial charge in [-0.15, -0.1) is 0 Å². The standard InChI is InChI=1S/C28H38O/c1-4-6-8-12-16-28(15-11-7-5-2)25-14-10-9-13-22(25)24-18-21-17-20(3)27(29)23(21)19-26(24)28/h9-10,13-14,18-20,27,29H,4-8,11-12,15-17H2,1-3H3. The zero-order chi connectivity index (χ0) is 20.4. The third-order valence-electron chi connectivity index (χ3n) is 7.59. The summed E-state index contributed by atoms with van der Waals surface area (Å²) in [6, 6.07) is 14.0. The molecule has 0 aliphatic heterocycles. The minimum atomic E-state index is -0.299. The average Bonchev–Trinajstić information content (AvgIpc) is 3.16. The summed E-state index contributed by atoms with van der Waals surface area (Å²) in [6.07, 6.45) is 12.3.